The summed E-state index contributed by atoms with van der Waals surface area (Å²) in [5.41, 5.74) is 11.0. The third kappa shape index (κ3) is 27.7. The molecule has 4 fully saturated rings. The maximum absolute atomic E-state index is 13.8. The number of esters is 1. The number of aliphatic imine (C=N–C) groups is 1. The molecule has 508 valence electrons. The van der Waals surface area contributed by atoms with Crippen molar-refractivity contribution < 1.29 is 77.0 Å². The van der Waals surface area contributed by atoms with Gasteiger partial charge >= 0.3 is 24.0 Å². The van der Waals surface area contributed by atoms with Gasteiger partial charge in [0.25, 0.3) is 0 Å². The van der Waals surface area contributed by atoms with Crippen LogP contribution in [0.25, 0.3) is 36.5 Å². The zero-order valence-electron chi connectivity index (χ0n) is 52.7. The molecule has 0 radical (unpaired) electrons. The quantitative estimate of drug-likeness (QED) is 0.0233. The number of carboxylic acid groups (broad SMARTS) is 1. The highest BCUT2D eigenvalue weighted by Crippen LogP contribution is 2.47. The number of nitrogens with two attached hydrogens (primary N) is 1. The first kappa shape index (κ1) is 76.0. The van der Waals surface area contributed by atoms with Gasteiger partial charge in [-0.3, -0.25) is 24.2 Å². The number of hydrogen-bond acceptors (Lipinski definition) is 9. The number of allylic oxidation sites excluding steroid dienone is 4. The minimum atomic E-state index is -4.92. The number of carbonyl (C=O) groups excluding carboxylic acids is 3. The van der Waals surface area contributed by atoms with E-state index in [0.717, 1.165) is 34.9 Å². The second-order valence-corrected chi connectivity index (χ2v) is 24.5. The number of rotatable bonds is 19. The second kappa shape index (κ2) is 37.9. The zero-order chi connectivity index (χ0) is 70.5. The fourth-order valence-electron chi connectivity index (χ4n) is 9.02. The van der Waals surface area contributed by atoms with Gasteiger partial charge in [0.2, 0.25) is 0 Å². The van der Waals surface area contributed by atoms with Crippen molar-refractivity contribution in [1.29, 1.82) is 0 Å². The fourth-order valence-corrected chi connectivity index (χ4v) is 9.99. The SMILES string of the molecule is CCOC(=O)C1CC1/C(F)=C/c1ccccc1.Cc1ccc(S(=O)(=O)CN=C/C(F)=C/c2ccccc2)cc1.NC1CC1/C(F)=C/c1ccccc1.O=C(NC1CC1/C(F)=C/c1ccccc1)C(F)(F)F.O=C(O)C1CC1/C(F)=C/c1ccccc1.O=C/C(F)=C/c1ccccc1. The normalized spacial score (nSPS) is 20.3. The minimum absolute atomic E-state index is 0.0276. The summed E-state index contributed by atoms with van der Waals surface area (Å²) in [6.07, 6.45) is 6.37. The average molecular weight is 1360 g/mol. The van der Waals surface area contributed by atoms with E-state index >= 15 is 0 Å². The minimum Gasteiger partial charge on any atom is -0.481 e. The standard InChI is InChI=1S/C17H16FNO2S.C14H15FO2.C13H11F4NO.C12H11FO2.C11H12FN.C9H7FO/c1-14-7-9-17(10-8-14)22(20,21)13-19-12-16(18)11-15-5-3-2-4-6-15;1-2-17-14(16)12-9-11(12)13(15)8-10-6-4-3-5-7-10;14-10(6-8-4-2-1-3-5-8)9-7-11(9)18-12(19)13(15,16)17;13-11(9-7-10(9)12(14)15)6-8-4-2-1-3-5-8;12-10(9-7-11(9)13)6-8-4-2-1-3-5-8;10-9(7-11)6-8-4-2-1-3-5-8/h2-12H,13H2,1H3;3-8,11-12H,2,9H2,1H3;1-6,9,11H,7H2,(H,18,19);1-6,9-10H,7H2,(H,14,15);1-6,9,11H,7,13H2;1-7H/b16-11-,19-12?;13-8-;10-6-;11-6-;10-6-;9-6-. The second-order valence-electron chi connectivity index (χ2n) is 22.5. The number of benzene rings is 7. The topological polar surface area (TPSA) is 182 Å². The zero-order valence-corrected chi connectivity index (χ0v) is 53.6. The maximum atomic E-state index is 13.8. The van der Waals surface area contributed by atoms with Gasteiger partial charge in [-0.25, -0.2) is 34.8 Å². The van der Waals surface area contributed by atoms with E-state index in [2.05, 4.69) is 4.99 Å². The van der Waals surface area contributed by atoms with Crippen LogP contribution in [-0.2, 0) is 33.8 Å². The van der Waals surface area contributed by atoms with Crippen molar-refractivity contribution in [2.75, 3.05) is 12.5 Å². The molecule has 0 saturated heterocycles. The van der Waals surface area contributed by atoms with Crippen LogP contribution in [0, 0.1) is 42.4 Å². The molecular weight excluding hydrogens is 1290 g/mol. The summed E-state index contributed by atoms with van der Waals surface area (Å²) in [6.45, 7) is 3.98. The molecule has 0 aromatic heterocycles. The lowest BCUT2D eigenvalue weighted by Gasteiger charge is -2.06. The molecule has 0 heterocycles. The molecule has 4 aliphatic rings. The van der Waals surface area contributed by atoms with Crippen molar-refractivity contribution in [3.05, 3.63) is 280 Å². The summed E-state index contributed by atoms with van der Waals surface area (Å²) in [5, 5.41) is 10.4. The lowest BCUT2D eigenvalue weighted by Crippen LogP contribution is -2.38. The molecule has 1 amide bonds. The number of nitrogens with zero attached hydrogens (tertiary/aromatic N) is 1. The smallest absolute Gasteiger partial charge is 0.471 e. The number of aryl methyl sites for hydroxylation is 1. The molecule has 21 heteroatoms. The van der Waals surface area contributed by atoms with Crippen LogP contribution in [-0.4, -0.2) is 74.6 Å². The Bertz CT molecular complexity index is 4010. The number of carbonyl (C=O) groups is 4. The van der Waals surface area contributed by atoms with Crippen LogP contribution in [0.4, 0.5) is 39.5 Å². The lowest BCUT2D eigenvalue weighted by molar-refractivity contribution is -0.173. The van der Waals surface area contributed by atoms with Crippen molar-refractivity contribution in [3.63, 3.8) is 0 Å². The van der Waals surface area contributed by atoms with Gasteiger partial charge in [0.05, 0.1) is 29.6 Å². The van der Waals surface area contributed by atoms with Crippen LogP contribution in [0.5, 0.6) is 0 Å². The highest BCUT2D eigenvalue weighted by molar-refractivity contribution is 7.91. The highest BCUT2D eigenvalue weighted by Gasteiger charge is 2.49. The van der Waals surface area contributed by atoms with Crippen molar-refractivity contribution in [2.24, 2.45) is 46.2 Å². The number of alkyl halides is 3. The summed E-state index contributed by atoms with van der Waals surface area (Å²) in [6, 6.07) is 59.9. The molecule has 0 bridgehead atoms. The van der Waals surface area contributed by atoms with E-state index < -0.39 is 75.0 Å². The van der Waals surface area contributed by atoms with E-state index in [9.17, 15) is 67.1 Å². The molecule has 4 N–H and O–H groups in total. The summed E-state index contributed by atoms with van der Waals surface area (Å²) >= 11 is 0. The molecule has 97 heavy (non-hydrogen) atoms. The number of aldehydes is 1. The van der Waals surface area contributed by atoms with E-state index in [4.69, 9.17) is 15.6 Å². The number of amides is 1. The Balaban J connectivity index is 0.000000186. The van der Waals surface area contributed by atoms with Crippen molar-refractivity contribution >= 4 is 76.6 Å². The molecule has 11 nitrogen and oxygen atoms in total. The molecule has 7 aromatic carbocycles. The first-order chi connectivity index (χ1) is 46.3. The third-order valence-corrected chi connectivity index (χ3v) is 16.2. The fraction of sp³-hybridized carbons (Fsp3) is 0.224. The number of aliphatic carboxylic acids is 1. The van der Waals surface area contributed by atoms with Gasteiger partial charge in [-0.1, -0.05) is 200 Å². The highest BCUT2D eigenvalue weighted by atomic mass is 32.2. The Labute approximate surface area is 558 Å². The largest absolute Gasteiger partial charge is 0.481 e. The molecule has 4 saturated carbocycles. The van der Waals surface area contributed by atoms with E-state index in [1.54, 1.807) is 121 Å². The van der Waals surface area contributed by atoms with E-state index in [0.29, 0.717) is 36.1 Å². The Morgan fingerprint density at radius 1 is 0.515 bits per heavy atom. The Morgan fingerprint density at radius 3 is 1.22 bits per heavy atom. The van der Waals surface area contributed by atoms with Crippen molar-refractivity contribution in [2.45, 2.75) is 62.7 Å². The molecule has 11 rings (SSSR count). The molecule has 8 atom stereocenters. The van der Waals surface area contributed by atoms with Crippen LogP contribution in [0.2, 0.25) is 0 Å². The van der Waals surface area contributed by atoms with Gasteiger partial charge in [0, 0.05) is 35.8 Å². The summed E-state index contributed by atoms with van der Waals surface area (Å²) < 4.78 is 145. The van der Waals surface area contributed by atoms with Gasteiger partial charge in [-0.15, -0.1) is 0 Å². The first-order valence-corrected chi connectivity index (χ1v) is 32.3. The number of hydrogen-bond donors (Lipinski definition) is 3. The van der Waals surface area contributed by atoms with Gasteiger partial charge in [0.15, 0.2) is 22.0 Å². The third-order valence-electron chi connectivity index (χ3n) is 14.7. The number of nitrogens with one attached hydrogen (secondary N) is 1. The van der Waals surface area contributed by atoms with E-state index in [-0.39, 0.29) is 64.8 Å². The molecule has 4 aliphatic carbocycles. The maximum Gasteiger partial charge on any atom is 0.471 e. The number of halogens is 9. The van der Waals surface area contributed by atoms with Gasteiger partial charge < -0.3 is 20.9 Å². The van der Waals surface area contributed by atoms with Crippen LogP contribution < -0.4 is 11.1 Å². The summed E-state index contributed by atoms with van der Waals surface area (Å²) in [4.78, 5) is 46.3. The molecular formula is C76H72F9N3O8S. The number of sulfone groups is 1. The lowest BCUT2D eigenvalue weighted by atomic mass is 10.1. The predicted octanol–water partition coefficient (Wildman–Crippen LogP) is 17.3. The number of ether oxygens (including phenoxy) is 1. The Morgan fingerprint density at radius 2 is 0.866 bits per heavy atom. The summed E-state index contributed by atoms with van der Waals surface area (Å²) in [7, 11) is -3.54. The first-order valence-electron chi connectivity index (χ1n) is 30.7. The Kier molecular flexibility index (Phi) is 29.7. The molecule has 0 spiro atoms. The average Bonchev–Trinajstić information content (AvgIpc) is 1.69. The van der Waals surface area contributed by atoms with Crippen molar-refractivity contribution in [3.8, 4) is 0 Å². The molecule has 8 unspecified atom stereocenters. The van der Waals surface area contributed by atoms with Crippen LogP contribution in [0.1, 0.15) is 71.6 Å². The van der Waals surface area contributed by atoms with Gasteiger partial charge in [0.1, 0.15) is 35.0 Å². The van der Waals surface area contributed by atoms with Crippen LogP contribution >= 0.6 is 0 Å². The van der Waals surface area contributed by atoms with Gasteiger partial charge in [-0.05, 0) is 122 Å². The number of carboxylic acids is 1. The predicted molar refractivity (Wildman–Crippen MR) is 361 cm³/mol. The molecule has 7 aromatic rings. The van der Waals surface area contributed by atoms with Crippen LogP contribution in [0.15, 0.2) is 251 Å². The van der Waals surface area contributed by atoms with E-state index in [1.807, 2.05) is 97.9 Å². The van der Waals surface area contributed by atoms with E-state index in [1.165, 1.54) is 42.5 Å². The van der Waals surface area contributed by atoms with Crippen LogP contribution in [0.3, 0.4) is 0 Å². The monoisotopic (exact) mass is 1360 g/mol. The Hall–Kier alpha value is -9.99. The molecule has 0 aliphatic heterocycles. The van der Waals surface area contributed by atoms with Gasteiger partial charge in [-0.2, -0.15) is 13.2 Å². The van der Waals surface area contributed by atoms with Crippen molar-refractivity contribution in [1.82, 2.24) is 5.32 Å². The summed E-state index contributed by atoms with van der Waals surface area (Å²) in [5.74, 6) is -8.38.